The Morgan fingerprint density at radius 3 is 2.04 bits per heavy atom. The number of benzene rings is 1. The van der Waals surface area contributed by atoms with Crippen molar-refractivity contribution >= 4 is 17.6 Å². The number of carbonyl (C=O) groups excluding carboxylic acids is 2. The number of hydrogen-bond donors (Lipinski definition) is 0. The summed E-state index contributed by atoms with van der Waals surface area (Å²) in [6.45, 7) is 0. The van der Waals surface area contributed by atoms with E-state index >= 15 is 0 Å². The molecule has 0 aromatic heterocycles. The molecule has 0 aliphatic heterocycles. The van der Waals surface area contributed by atoms with Crippen LogP contribution in [0.4, 0.5) is 5.69 Å². The smallest absolute Gasteiger partial charge is 0.331 e. The lowest BCUT2D eigenvalue weighted by Gasteiger charge is -2.10. The van der Waals surface area contributed by atoms with Gasteiger partial charge >= 0.3 is 11.9 Å². The van der Waals surface area contributed by atoms with E-state index in [0.717, 1.165) is 20.3 Å². The summed E-state index contributed by atoms with van der Waals surface area (Å²) in [6, 6.07) is 3.53. The Labute approximate surface area is 129 Å². The van der Waals surface area contributed by atoms with Gasteiger partial charge in [0.1, 0.15) is 0 Å². The highest BCUT2D eigenvalue weighted by Crippen LogP contribution is 2.63. The normalized spacial score (nSPS) is 21.1. The van der Waals surface area contributed by atoms with Crippen molar-refractivity contribution in [2.24, 2.45) is 5.41 Å². The number of nitro groups is 2. The van der Waals surface area contributed by atoms with Crippen molar-refractivity contribution in [3.05, 3.63) is 50.1 Å². The van der Waals surface area contributed by atoms with Gasteiger partial charge in [-0.25, -0.2) is 0 Å². The van der Waals surface area contributed by atoms with Crippen LogP contribution < -0.4 is 0 Å². The summed E-state index contributed by atoms with van der Waals surface area (Å²) < 4.78 is 9.04. The second-order valence-electron chi connectivity index (χ2n) is 4.88. The molecule has 2 rings (SSSR count). The van der Waals surface area contributed by atoms with Crippen LogP contribution in [0.5, 0.6) is 0 Å². The van der Waals surface area contributed by atoms with Gasteiger partial charge in [-0.1, -0.05) is 18.2 Å². The van der Waals surface area contributed by atoms with Gasteiger partial charge in [-0.2, -0.15) is 0 Å². The van der Waals surface area contributed by atoms with Gasteiger partial charge in [-0.05, 0) is 0 Å². The van der Waals surface area contributed by atoms with Crippen LogP contribution in [0, 0.1) is 25.6 Å². The largest absolute Gasteiger partial charge is 0.468 e. The molecule has 1 aromatic carbocycles. The van der Waals surface area contributed by atoms with E-state index in [4.69, 9.17) is 0 Å². The summed E-state index contributed by atoms with van der Waals surface area (Å²) >= 11 is 0. The molecule has 1 aliphatic carbocycles. The minimum Gasteiger partial charge on any atom is -0.468 e. The molecular formula is C13H12N2O8. The maximum absolute atomic E-state index is 12.1. The fourth-order valence-electron chi connectivity index (χ4n) is 2.91. The molecule has 0 bridgehead atoms. The van der Waals surface area contributed by atoms with Crippen LogP contribution in [0.1, 0.15) is 11.5 Å². The third kappa shape index (κ3) is 2.18. The molecule has 1 saturated carbocycles. The van der Waals surface area contributed by atoms with Gasteiger partial charge < -0.3 is 9.47 Å². The molecule has 1 aromatic rings. The predicted molar refractivity (Wildman–Crippen MR) is 73.1 cm³/mol. The summed E-state index contributed by atoms with van der Waals surface area (Å²) in [5.74, 6) is -3.65. The van der Waals surface area contributed by atoms with Crippen molar-refractivity contribution in [3.8, 4) is 0 Å². The number of rotatable bonds is 5. The third-order valence-corrected chi connectivity index (χ3v) is 3.91. The van der Waals surface area contributed by atoms with Crippen LogP contribution >= 0.6 is 0 Å². The third-order valence-electron chi connectivity index (χ3n) is 3.91. The number of nitrogens with zero attached hydrogens (tertiary/aromatic N) is 2. The monoisotopic (exact) mass is 324 g/mol. The van der Waals surface area contributed by atoms with Gasteiger partial charge in [0.15, 0.2) is 0 Å². The minimum atomic E-state index is -2.22. The van der Waals surface area contributed by atoms with Crippen LogP contribution in [0.25, 0.3) is 0 Å². The minimum absolute atomic E-state index is 0.0880. The molecule has 10 heteroatoms. The second kappa shape index (κ2) is 5.63. The zero-order valence-electron chi connectivity index (χ0n) is 12.1. The molecule has 0 heterocycles. The van der Waals surface area contributed by atoms with Gasteiger partial charge in [-0.15, -0.1) is 0 Å². The molecular weight excluding hydrogens is 312 g/mol. The average Bonchev–Trinajstić information content (AvgIpc) is 3.24. The van der Waals surface area contributed by atoms with Crippen molar-refractivity contribution in [3.63, 3.8) is 0 Å². The molecule has 1 aliphatic rings. The van der Waals surface area contributed by atoms with Crippen LogP contribution in [-0.2, 0) is 19.1 Å². The van der Waals surface area contributed by atoms with Crippen molar-refractivity contribution in [1.82, 2.24) is 0 Å². The standard InChI is InChI=1S/C13H12N2O8/c1-22-11(16)13(12(17)23-2)9(10(13)15(20)21)7-5-3-4-6-8(7)14(18)19/h3-6,9-10H,1-2H3/t9-,10-/m1/s1. The van der Waals surface area contributed by atoms with Crippen LogP contribution in [-0.4, -0.2) is 42.0 Å². The van der Waals surface area contributed by atoms with Crippen LogP contribution in [0.3, 0.4) is 0 Å². The second-order valence-corrected chi connectivity index (χ2v) is 4.88. The topological polar surface area (TPSA) is 139 Å². The molecule has 10 nitrogen and oxygen atoms in total. The molecule has 0 saturated heterocycles. The molecule has 0 unspecified atom stereocenters. The van der Waals surface area contributed by atoms with E-state index in [1.807, 2.05) is 0 Å². The van der Waals surface area contributed by atoms with E-state index in [0.29, 0.717) is 0 Å². The van der Waals surface area contributed by atoms with E-state index < -0.39 is 44.8 Å². The summed E-state index contributed by atoms with van der Waals surface area (Å²) in [7, 11) is 1.94. The van der Waals surface area contributed by atoms with E-state index in [1.54, 1.807) is 0 Å². The number of esters is 2. The Hall–Kier alpha value is -3.04. The predicted octanol–water partition coefficient (Wildman–Crippen LogP) is 0.670. The van der Waals surface area contributed by atoms with Gasteiger partial charge in [0, 0.05) is 16.6 Å². The summed E-state index contributed by atoms with van der Waals surface area (Å²) in [6.07, 6.45) is 0. The molecule has 0 radical (unpaired) electrons. The molecule has 23 heavy (non-hydrogen) atoms. The molecule has 1 fully saturated rings. The van der Waals surface area contributed by atoms with Crippen molar-refractivity contribution in [2.45, 2.75) is 12.0 Å². The summed E-state index contributed by atoms with van der Waals surface area (Å²) in [5, 5.41) is 22.4. The highest BCUT2D eigenvalue weighted by molar-refractivity contribution is 6.07. The molecule has 0 amide bonds. The van der Waals surface area contributed by atoms with E-state index in [2.05, 4.69) is 9.47 Å². The summed E-state index contributed by atoms with van der Waals surface area (Å²) in [5.41, 5.74) is -2.73. The van der Waals surface area contributed by atoms with Gasteiger partial charge in [0.25, 0.3) is 5.69 Å². The quantitative estimate of drug-likeness (QED) is 0.333. The fraction of sp³-hybridized carbons (Fsp3) is 0.385. The van der Waals surface area contributed by atoms with Crippen LogP contribution in [0.2, 0.25) is 0 Å². The maximum atomic E-state index is 12.1. The van der Waals surface area contributed by atoms with Crippen molar-refractivity contribution < 1.29 is 28.9 Å². The van der Waals surface area contributed by atoms with Crippen molar-refractivity contribution in [1.29, 1.82) is 0 Å². The number of ether oxygens (including phenoxy) is 2. The number of methoxy groups -OCH3 is 2. The van der Waals surface area contributed by atoms with E-state index in [-0.39, 0.29) is 5.56 Å². The Morgan fingerprint density at radius 1 is 1.09 bits per heavy atom. The first-order valence-corrected chi connectivity index (χ1v) is 6.37. The Kier molecular flexibility index (Phi) is 4.00. The lowest BCUT2D eigenvalue weighted by atomic mass is 9.98. The Balaban J connectivity index is 2.65. The molecule has 122 valence electrons. The fourth-order valence-corrected chi connectivity index (χ4v) is 2.91. The van der Waals surface area contributed by atoms with Gasteiger partial charge in [-0.3, -0.25) is 29.8 Å². The first-order chi connectivity index (χ1) is 10.8. The maximum Gasteiger partial charge on any atom is 0.331 e. The molecule has 0 spiro atoms. The number of hydrogen-bond acceptors (Lipinski definition) is 8. The van der Waals surface area contributed by atoms with Gasteiger partial charge in [0.05, 0.1) is 25.1 Å². The lowest BCUT2D eigenvalue weighted by molar-refractivity contribution is -0.501. The molecule has 0 N–H and O–H groups in total. The zero-order chi connectivity index (χ0) is 17.4. The lowest BCUT2D eigenvalue weighted by Crippen LogP contribution is -2.34. The zero-order valence-corrected chi connectivity index (χ0v) is 12.1. The first kappa shape index (κ1) is 16.3. The number of carbonyl (C=O) groups is 2. The SMILES string of the molecule is COC(=O)C1(C(=O)OC)[C@H](c2ccccc2[N+](=O)[O-])[C@H]1[N+](=O)[O-]. The highest BCUT2D eigenvalue weighted by Gasteiger charge is 2.86. The van der Waals surface area contributed by atoms with E-state index in [9.17, 15) is 29.8 Å². The van der Waals surface area contributed by atoms with E-state index in [1.165, 1.54) is 18.2 Å². The first-order valence-electron chi connectivity index (χ1n) is 6.37. The average molecular weight is 324 g/mol. The van der Waals surface area contributed by atoms with Crippen molar-refractivity contribution in [2.75, 3.05) is 14.2 Å². The number of para-hydroxylation sites is 1. The number of nitro benzene ring substituents is 1. The van der Waals surface area contributed by atoms with Gasteiger partial charge in [0.2, 0.25) is 11.5 Å². The Morgan fingerprint density at radius 2 is 1.61 bits per heavy atom. The summed E-state index contributed by atoms with van der Waals surface area (Å²) in [4.78, 5) is 45.0. The highest BCUT2D eigenvalue weighted by atomic mass is 16.6. The Bertz CT molecular complexity index is 685. The molecule has 2 atom stereocenters. The van der Waals surface area contributed by atoms with Crippen LogP contribution in [0.15, 0.2) is 24.3 Å².